The van der Waals surface area contributed by atoms with E-state index in [-0.39, 0.29) is 5.78 Å². The Labute approximate surface area is 107 Å². The van der Waals surface area contributed by atoms with Crippen molar-refractivity contribution in [2.45, 2.75) is 43.6 Å². The van der Waals surface area contributed by atoms with Gasteiger partial charge in [0.05, 0.1) is 5.60 Å². The van der Waals surface area contributed by atoms with Crippen LogP contribution in [0.25, 0.3) is 0 Å². The Kier molecular flexibility index (Phi) is 2.83. The van der Waals surface area contributed by atoms with Crippen LogP contribution in [0.2, 0.25) is 0 Å². The van der Waals surface area contributed by atoms with Crippen LogP contribution in [-0.2, 0) is 4.79 Å². The molecule has 0 spiro atoms. The number of carbonyl (C=O) groups is 1. The highest BCUT2D eigenvalue weighted by Gasteiger charge is 2.46. The van der Waals surface area contributed by atoms with Crippen LogP contribution >= 0.6 is 0 Å². The second kappa shape index (κ2) is 4.36. The number of aliphatic hydroxyl groups is 1. The lowest BCUT2D eigenvalue weighted by Gasteiger charge is -2.46. The van der Waals surface area contributed by atoms with E-state index in [0.29, 0.717) is 12.3 Å². The van der Waals surface area contributed by atoms with Gasteiger partial charge in [-0.25, -0.2) is 0 Å². The fourth-order valence-electron chi connectivity index (χ4n) is 3.14. The highest BCUT2D eigenvalue weighted by molar-refractivity contribution is 5.91. The summed E-state index contributed by atoms with van der Waals surface area (Å²) in [5, 5.41) is 10.6. The smallest absolute Gasteiger partial charge is 0.155 e. The van der Waals surface area contributed by atoms with Crippen molar-refractivity contribution in [3.63, 3.8) is 0 Å². The molecule has 2 aliphatic carbocycles. The molecule has 0 aliphatic heterocycles. The molecule has 1 saturated carbocycles. The third-order valence-corrected chi connectivity index (χ3v) is 4.24. The molecule has 3 rings (SSSR count). The van der Waals surface area contributed by atoms with E-state index >= 15 is 0 Å². The van der Waals surface area contributed by atoms with Gasteiger partial charge in [0, 0.05) is 6.42 Å². The molecule has 2 heteroatoms. The van der Waals surface area contributed by atoms with Gasteiger partial charge in [-0.15, -0.1) is 0 Å². The molecule has 0 saturated heterocycles. The highest BCUT2D eigenvalue weighted by Crippen LogP contribution is 2.50. The molecule has 0 bridgehead atoms. The van der Waals surface area contributed by atoms with Gasteiger partial charge in [-0.3, -0.25) is 4.79 Å². The van der Waals surface area contributed by atoms with E-state index in [2.05, 4.69) is 12.1 Å². The van der Waals surface area contributed by atoms with Crippen molar-refractivity contribution in [3.8, 4) is 0 Å². The third-order valence-electron chi connectivity index (χ3n) is 4.24. The van der Waals surface area contributed by atoms with Gasteiger partial charge in [0.15, 0.2) is 5.78 Å². The molecule has 0 heterocycles. The van der Waals surface area contributed by atoms with Crippen LogP contribution in [0, 0.1) is 0 Å². The Balaban J connectivity index is 1.72. The summed E-state index contributed by atoms with van der Waals surface area (Å²) in [4.78, 5) is 11.4. The third kappa shape index (κ3) is 2.01. The molecule has 18 heavy (non-hydrogen) atoms. The summed E-state index contributed by atoms with van der Waals surface area (Å²) in [5.74, 6) is 0.613. The van der Waals surface area contributed by atoms with E-state index in [4.69, 9.17) is 0 Å². The van der Waals surface area contributed by atoms with E-state index in [0.717, 1.165) is 31.3 Å². The first-order chi connectivity index (χ1) is 8.67. The quantitative estimate of drug-likeness (QED) is 0.865. The number of ketones is 1. The van der Waals surface area contributed by atoms with Crippen molar-refractivity contribution in [2.24, 2.45) is 0 Å². The van der Waals surface area contributed by atoms with Gasteiger partial charge >= 0.3 is 0 Å². The van der Waals surface area contributed by atoms with Crippen LogP contribution in [0.5, 0.6) is 0 Å². The van der Waals surface area contributed by atoms with Crippen molar-refractivity contribution in [1.82, 2.24) is 0 Å². The minimum absolute atomic E-state index is 0.174. The molecule has 1 aromatic rings. The van der Waals surface area contributed by atoms with Crippen molar-refractivity contribution in [3.05, 3.63) is 47.5 Å². The lowest BCUT2D eigenvalue weighted by Crippen LogP contribution is -2.45. The maximum absolute atomic E-state index is 11.4. The Morgan fingerprint density at radius 2 is 1.83 bits per heavy atom. The molecule has 1 aromatic carbocycles. The summed E-state index contributed by atoms with van der Waals surface area (Å²) in [6, 6.07) is 10.3. The molecule has 1 fully saturated rings. The molecule has 0 unspecified atom stereocenters. The van der Waals surface area contributed by atoms with Gasteiger partial charge < -0.3 is 5.11 Å². The van der Waals surface area contributed by atoms with Gasteiger partial charge in [0.2, 0.25) is 0 Å². The second-order valence-electron chi connectivity index (χ2n) is 5.54. The predicted octanol–water partition coefficient (Wildman–Crippen LogP) is 2.97. The largest absolute Gasteiger partial charge is 0.385 e. The molecule has 2 aliphatic rings. The van der Waals surface area contributed by atoms with Crippen LogP contribution in [0.15, 0.2) is 42.0 Å². The van der Waals surface area contributed by atoms with Crippen LogP contribution in [0.3, 0.4) is 0 Å². The Morgan fingerprint density at radius 3 is 2.50 bits per heavy atom. The monoisotopic (exact) mass is 242 g/mol. The van der Waals surface area contributed by atoms with E-state index < -0.39 is 5.60 Å². The van der Waals surface area contributed by atoms with Crippen LogP contribution in [0.4, 0.5) is 0 Å². The zero-order valence-electron chi connectivity index (χ0n) is 10.4. The number of hydrogen-bond acceptors (Lipinski definition) is 2. The minimum Gasteiger partial charge on any atom is -0.385 e. The zero-order chi connectivity index (χ0) is 12.6. The zero-order valence-corrected chi connectivity index (χ0v) is 10.4. The molecule has 1 N–H and O–H groups in total. The first-order valence-corrected chi connectivity index (χ1v) is 6.69. The highest BCUT2D eigenvalue weighted by atomic mass is 16.3. The van der Waals surface area contributed by atoms with E-state index in [1.165, 1.54) is 5.56 Å². The first kappa shape index (κ1) is 11.7. The summed E-state index contributed by atoms with van der Waals surface area (Å²) in [5.41, 5.74) is 1.55. The van der Waals surface area contributed by atoms with Crippen molar-refractivity contribution >= 4 is 5.78 Å². The van der Waals surface area contributed by atoms with Crippen molar-refractivity contribution < 1.29 is 9.90 Å². The standard InChI is InChI=1S/C16H18O2/c17-15-8-4-7-14(9-15)16(18)10-13(11-16)12-5-2-1-3-6-12/h1-3,5-6,9,13,18H,4,7-8,10-11H2. The van der Waals surface area contributed by atoms with Crippen LogP contribution in [-0.4, -0.2) is 16.5 Å². The predicted molar refractivity (Wildman–Crippen MR) is 70.3 cm³/mol. The molecular weight excluding hydrogens is 224 g/mol. The number of allylic oxidation sites excluding steroid dienone is 1. The van der Waals surface area contributed by atoms with Gasteiger partial charge in [0.1, 0.15) is 0 Å². The summed E-state index contributed by atoms with van der Waals surface area (Å²) in [6.45, 7) is 0. The van der Waals surface area contributed by atoms with Crippen molar-refractivity contribution in [2.75, 3.05) is 0 Å². The normalized spacial score (nSPS) is 31.7. The Bertz CT molecular complexity index is 481. The average molecular weight is 242 g/mol. The summed E-state index contributed by atoms with van der Waals surface area (Å²) in [7, 11) is 0. The minimum atomic E-state index is -0.712. The Hall–Kier alpha value is -1.41. The summed E-state index contributed by atoms with van der Waals surface area (Å²) < 4.78 is 0. The van der Waals surface area contributed by atoms with Gasteiger partial charge in [-0.2, -0.15) is 0 Å². The van der Waals surface area contributed by atoms with Gasteiger partial charge in [-0.1, -0.05) is 30.3 Å². The maximum Gasteiger partial charge on any atom is 0.155 e. The average Bonchev–Trinajstić information content (AvgIpc) is 2.36. The summed E-state index contributed by atoms with van der Waals surface area (Å²) in [6.07, 6.45) is 5.62. The number of carbonyl (C=O) groups excluding carboxylic acids is 1. The maximum atomic E-state index is 11.4. The molecule has 2 nitrogen and oxygen atoms in total. The molecule has 94 valence electrons. The lowest BCUT2D eigenvalue weighted by molar-refractivity contribution is -0.115. The van der Waals surface area contributed by atoms with Crippen LogP contribution < -0.4 is 0 Å². The van der Waals surface area contributed by atoms with E-state index in [1.54, 1.807) is 6.08 Å². The molecular formula is C16H18O2. The van der Waals surface area contributed by atoms with Gasteiger partial charge in [-0.05, 0) is 48.8 Å². The van der Waals surface area contributed by atoms with E-state index in [9.17, 15) is 9.90 Å². The number of rotatable bonds is 2. The first-order valence-electron chi connectivity index (χ1n) is 6.69. The van der Waals surface area contributed by atoms with Gasteiger partial charge in [0.25, 0.3) is 0 Å². The number of benzene rings is 1. The second-order valence-corrected chi connectivity index (χ2v) is 5.54. The fraction of sp³-hybridized carbons (Fsp3) is 0.438. The van der Waals surface area contributed by atoms with E-state index in [1.807, 2.05) is 18.2 Å². The number of hydrogen-bond donors (Lipinski definition) is 1. The lowest BCUT2D eigenvalue weighted by atomic mass is 9.63. The SMILES string of the molecule is O=C1C=C(C2(O)CC(c3ccccc3)C2)CCC1. The molecule has 0 radical (unpaired) electrons. The van der Waals surface area contributed by atoms with Crippen LogP contribution in [0.1, 0.15) is 43.6 Å². The topological polar surface area (TPSA) is 37.3 Å². The molecule has 0 atom stereocenters. The molecule has 0 aromatic heterocycles. The van der Waals surface area contributed by atoms with Crippen molar-refractivity contribution in [1.29, 1.82) is 0 Å². The summed E-state index contributed by atoms with van der Waals surface area (Å²) >= 11 is 0. The molecule has 0 amide bonds. The Morgan fingerprint density at radius 1 is 1.11 bits per heavy atom. The fourth-order valence-corrected chi connectivity index (χ4v) is 3.14.